The van der Waals surface area contributed by atoms with Crippen LogP contribution in [0.4, 0.5) is 13.2 Å². The molecule has 0 spiro atoms. The molecule has 164 valence electrons. The summed E-state index contributed by atoms with van der Waals surface area (Å²) >= 11 is 0. The van der Waals surface area contributed by atoms with Crippen LogP contribution in [0.2, 0.25) is 0 Å². The molecule has 0 aromatic heterocycles. The molecule has 2 aromatic carbocycles. The molecule has 31 heavy (non-hydrogen) atoms. The number of carbonyl (C=O) groups excluding carboxylic acids is 2. The van der Waals surface area contributed by atoms with Gasteiger partial charge in [-0.1, -0.05) is 60.7 Å². The number of amides is 2. The maximum absolute atomic E-state index is 13.2. The molecule has 1 N–H and O–H groups in total. The lowest BCUT2D eigenvalue weighted by Gasteiger charge is -2.38. The molecule has 4 rings (SSSR count). The molecule has 2 heterocycles. The highest BCUT2D eigenvalue weighted by Crippen LogP contribution is 2.34. The lowest BCUT2D eigenvalue weighted by atomic mass is 10.0. The van der Waals surface area contributed by atoms with Crippen LogP contribution < -0.4 is 5.32 Å². The molecule has 9 heteroatoms. The molecule has 2 aromatic rings. The highest BCUT2D eigenvalue weighted by atomic mass is 19.4. The van der Waals surface area contributed by atoms with Gasteiger partial charge in [-0.15, -0.1) is 0 Å². The van der Waals surface area contributed by atoms with E-state index in [-0.39, 0.29) is 6.54 Å². The second kappa shape index (κ2) is 8.68. The van der Waals surface area contributed by atoms with E-state index >= 15 is 0 Å². The summed E-state index contributed by atoms with van der Waals surface area (Å²) in [7, 11) is 0. The van der Waals surface area contributed by atoms with Crippen molar-refractivity contribution in [2.75, 3.05) is 6.54 Å². The standard InChI is InChI=1S/C22H21F3N2O4/c23-22(24,25)13-26-19(28)17-18-20(29)27(12-15-9-5-2-6-10-15)16(21(30-17)31-18)11-14-7-3-1-4-8-14/h1-10,16-18,21H,11-13H2,(H,26,28)/t16-,17+,18+,21+/m0/s1. The zero-order valence-corrected chi connectivity index (χ0v) is 16.4. The van der Waals surface area contributed by atoms with E-state index in [0.717, 1.165) is 11.1 Å². The van der Waals surface area contributed by atoms with Crippen LogP contribution >= 0.6 is 0 Å². The number of alkyl halides is 3. The van der Waals surface area contributed by atoms with Crippen LogP contribution in [0.15, 0.2) is 60.7 Å². The molecule has 2 bridgehead atoms. The molecule has 2 fully saturated rings. The first-order chi connectivity index (χ1) is 14.8. The maximum atomic E-state index is 13.2. The van der Waals surface area contributed by atoms with Crippen LogP contribution in [0.25, 0.3) is 0 Å². The summed E-state index contributed by atoms with van der Waals surface area (Å²) in [6, 6.07) is 18.2. The van der Waals surface area contributed by atoms with Gasteiger partial charge in [-0.25, -0.2) is 0 Å². The van der Waals surface area contributed by atoms with Crippen molar-refractivity contribution >= 4 is 11.8 Å². The molecule has 6 nitrogen and oxygen atoms in total. The van der Waals surface area contributed by atoms with E-state index in [9.17, 15) is 22.8 Å². The Morgan fingerprint density at radius 3 is 2.19 bits per heavy atom. The highest BCUT2D eigenvalue weighted by molar-refractivity contribution is 5.92. The normalized spacial score (nSPS) is 25.5. The van der Waals surface area contributed by atoms with Crippen LogP contribution in [0.3, 0.4) is 0 Å². The van der Waals surface area contributed by atoms with Crippen LogP contribution in [-0.2, 0) is 32.0 Å². The fourth-order valence-electron chi connectivity index (χ4n) is 3.83. The molecule has 2 aliphatic heterocycles. The number of carbonyl (C=O) groups is 2. The van der Waals surface area contributed by atoms with Gasteiger partial charge in [0.15, 0.2) is 18.5 Å². The summed E-state index contributed by atoms with van der Waals surface area (Å²) in [6.07, 6.45) is -7.79. The fraction of sp³-hybridized carbons (Fsp3) is 0.364. The minimum atomic E-state index is -4.57. The number of nitrogens with zero attached hydrogens (tertiary/aromatic N) is 1. The van der Waals surface area contributed by atoms with E-state index in [2.05, 4.69) is 0 Å². The molecule has 2 aliphatic rings. The van der Waals surface area contributed by atoms with Crippen LogP contribution in [0.5, 0.6) is 0 Å². The minimum absolute atomic E-state index is 0.272. The van der Waals surface area contributed by atoms with Gasteiger partial charge in [0.2, 0.25) is 0 Å². The number of hydrogen-bond acceptors (Lipinski definition) is 4. The fourth-order valence-corrected chi connectivity index (χ4v) is 3.83. The zero-order valence-electron chi connectivity index (χ0n) is 16.4. The van der Waals surface area contributed by atoms with Crippen molar-refractivity contribution in [1.82, 2.24) is 10.2 Å². The smallest absolute Gasteiger partial charge is 0.345 e. The lowest BCUT2D eigenvalue weighted by Crippen LogP contribution is -2.57. The maximum Gasteiger partial charge on any atom is 0.405 e. The van der Waals surface area contributed by atoms with Crippen molar-refractivity contribution < 1.29 is 32.2 Å². The number of benzene rings is 2. The van der Waals surface area contributed by atoms with E-state index in [1.165, 1.54) is 0 Å². The number of fused-ring (bicyclic) bond motifs is 2. The SMILES string of the molecule is O=C(NCC(F)(F)F)[C@@H]1O[C@@H]2O[C@H]1C(=O)N(Cc1ccccc1)[C@H]2Cc1ccccc1. The molecule has 2 saturated heterocycles. The third-order valence-corrected chi connectivity index (χ3v) is 5.28. The first-order valence-corrected chi connectivity index (χ1v) is 9.85. The topological polar surface area (TPSA) is 67.9 Å². The van der Waals surface area contributed by atoms with E-state index in [1.54, 1.807) is 10.2 Å². The predicted molar refractivity (Wildman–Crippen MR) is 104 cm³/mol. The van der Waals surface area contributed by atoms with Gasteiger partial charge in [-0.2, -0.15) is 13.2 Å². The molecule has 0 aliphatic carbocycles. The van der Waals surface area contributed by atoms with E-state index in [1.807, 2.05) is 60.7 Å². The Morgan fingerprint density at radius 1 is 0.968 bits per heavy atom. The van der Waals surface area contributed by atoms with Gasteiger partial charge in [0.25, 0.3) is 11.8 Å². The number of ether oxygens (including phenoxy) is 2. The van der Waals surface area contributed by atoms with Crippen molar-refractivity contribution in [1.29, 1.82) is 0 Å². The van der Waals surface area contributed by atoms with E-state index in [4.69, 9.17) is 9.47 Å². The lowest BCUT2D eigenvalue weighted by molar-refractivity contribution is -0.177. The Kier molecular flexibility index (Phi) is 5.97. The summed E-state index contributed by atoms with van der Waals surface area (Å²) in [5.74, 6) is -1.50. The number of halogens is 3. The summed E-state index contributed by atoms with van der Waals surface area (Å²) in [6.45, 7) is -1.23. The van der Waals surface area contributed by atoms with E-state index < -0.39 is 49.1 Å². The van der Waals surface area contributed by atoms with Gasteiger partial charge >= 0.3 is 6.18 Å². The highest BCUT2D eigenvalue weighted by Gasteiger charge is 2.55. The molecule has 0 saturated carbocycles. The second-order valence-electron chi connectivity index (χ2n) is 7.52. The largest absolute Gasteiger partial charge is 0.405 e. The van der Waals surface area contributed by atoms with Crippen molar-refractivity contribution in [3.63, 3.8) is 0 Å². The predicted octanol–water partition coefficient (Wildman–Crippen LogP) is 2.43. The van der Waals surface area contributed by atoms with Crippen molar-refractivity contribution in [3.8, 4) is 0 Å². The quantitative estimate of drug-likeness (QED) is 0.759. The van der Waals surface area contributed by atoms with Crippen molar-refractivity contribution in [2.24, 2.45) is 0 Å². The molecule has 2 amide bonds. The van der Waals surface area contributed by atoms with Crippen molar-refractivity contribution in [2.45, 2.75) is 43.7 Å². The van der Waals surface area contributed by atoms with Gasteiger partial charge < -0.3 is 19.7 Å². The summed E-state index contributed by atoms with van der Waals surface area (Å²) < 4.78 is 48.8. The summed E-state index contributed by atoms with van der Waals surface area (Å²) in [4.78, 5) is 27.1. The average Bonchev–Trinajstić information content (AvgIpc) is 3.16. The van der Waals surface area contributed by atoms with Gasteiger partial charge in [0, 0.05) is 6.54 Å². The third kappa shape index (κ3) is 4.88. The Morgan fingerprint density at radius 2 is 1.58 bits per heavy atom. The summed E-state index contributed by atoms with van der Waals surface area (Å²) in [5.41, 5.74) is 1.82. The Labute approximate surface area is 176 Å². The van der Waals surface area contributed by atoms with Crippen LogP contribution in [0.1, 0.15) is 11.1 Å². The number of rotatable bonds is 6. The van der Waals surface area contributed by atoms with Crippen LogP contribution in [0, 0.1) is 0 Å². The Bertz CT molecular complexity index is 923. The average molecular weight is 434 g/mol. The first-order valence-electron chi connectivity index (χ1n) is 9.85. The van der Waals surface area contributed by atoms with Gasteiger partial charge in [-0.3, -0.25) is 9.59 Å². The van der Waals surface area contributed by atoms with Crippen LogP contribution in [-0.4, -0.2) is 54.0 Å². The molecule has 4 atom stereocenters. The number of morpholine rings is 1. The minimum Gasteiger partial charge on any atom is -0.345 e. The van der Waals surface area contributed by atoms with Crippen molar-refractivity contribution in [3.05, 3.63) is 71.8 Å². The molecule has 0 unspecified atom stereocenters. The van der Waals surface area contributed by atoms with Gasteiger partial charge in [0.05, 0.1) is 6.04 Å². The molecular formula is C22H21F3N2O4. The first kappa shape index (κ1) is 21.3. The van der Waals surface area contributed by atoms with E-state index in [0.29, 0.717) is 6.42 Å². The number of nitrogens with one attached hydrogen (secondary N) is 1. The third-order valence-electron chi connectivity index (χ3n) is 5.28. The summed E-state index contributed by atoms with van der Waals surface area (Å²) in [5, 5.41) is 1.79. The zero-order chi connectivity index (χ0) is 22.0. The number of hydrogen-bond donors (Lipinski definition) is 1. The monoisotopic (exact) mass is 434 g/mol. The molecular weight excluding hydrogens is 413 g/mol. The van der Waals surface area contributed by atoms with Gasteiger partial charge in [-0.05, 0) is 17.5 Å². The molecule has 0 radical (unpaired) electrons. The Hall–Kier alpha value is -2.91. The second-order valence-corrected chi connectivity index (χ2v) is 7.52. The van der Waals surface area contributed by atoms with Gasteiger partial charge in [0.1, 0.15) is 6.54 Å². The Balaban J connectivity index is 1.57.